The molecule has 0 atom stereocenters. The summed E-state index contributed by atoms with van der Waals surface area (Å²) < 4.78 is 0. The van der Waals surface area contributed by atoms with Crippen LogP contribution in [0.2, 0.25) is 0 Å². The van der Waals surface area contributed by atoms with E-state index >= 15 is 0 Å². The molecule has 0 aliphatic heterocycles. The predicted octanol–water partition coefficient (Wildman–Crippen LogP) is 2.63. The third-order valence-electron chi connectivity index (χ3n) is 1.11. The van der Waals surface area contributed by atoms with E-state index < -0.39 is 0 Å². The summed E-state index contributed by atoms with van der Waals surface area (Å²) in [6.07, 6.45) is 0. The molecule has 0 bridgehead atoms. The molecule has 0 unspecified atom stereocenters. The fourth-order valence-electron chi connectivity index (χ4n) is 0.642. The number of rotatable bonds is 0. The maximum absolute atomic E-state index is 2.00. The minimum atomic E-state index is 0. The quantitative estimate of drug-likeness (QED) is 0.609. The smallest absolute Gasteiger partial charge is 0.870 e. The van der Waals surface area contributed by atoms with E-state index in [2.05, 4.69) is 0 Å². The van der Waals surface area contributed by atoms with Gasteiger partial charge < -0.3 is 5.48 Å². The number of hydrogen-bond donors (Lipinski definition) is 0. The fraction of sp³-hybridized carbons (Fsp3) is 0. The Hall–Kier alpha value is -0.834. The Kier molecular flexibility index (Phi) is 11.6. The van der Waals surface area contributed by atoms with E-state index in [9.17, 15) is 0 Å². The van der Waals surface area contributed by atoms with Gasteiger partial charge in [-0.3, -0.25) is 0 Å². The predicted molar refractivity (Wildman–Crippen MR) is 46.0 cm³/mol. The Balaban J connectivity index is 0. The Bertz CT molecular complexity index is 149. The van der Waals surface area contributed by atoms with E-state index in [1.807, 2.05) is 60.7 Å². The molecule has 0 aromatic heterocycles. The average molecular weight is 206 g/mol. The first kappa shape index (κ1) is 13.7. The summed E-state index contributed by atoms with van der Waals surface area (Å²) in [6, 6.07) is 20.0. The van der Waals surface area contributed by atoms with Crippen molar-refractivity contribution in [3.63, 3.8) is 0 Å². The molecular weight excluding hydrogens is 195 g/mol. The summed E-state index contributed by atoms with van der Waals surface area (Å²) >= 11 is 0. The molecule has 1 N–H and O–H groups in total. The van der Waals surface area contributed by atoms with Crippen molar-refractivity contribution in [1.29, 1.82) is 0 Å². The summed E-state index contributed by atoms with van der Waals surface area (Å²) in [6.45, 7) is 0. The van der Waals surface area contributed by atoms with Crippen LogP contribution in [0.3, 0.4) is 0 Å². The largest absolute Gasteiger partial charge is 3.00 e. The second kappa shape index (κ2) is 10.2. The molecular formula is C10H11CoO. The second-order valence-corrected chi connectivity index (χ2v) is 1.92. The van der Waals surface area contributed by atoms with E-state index in [0.29, 0.717) is 0 Å². The minimum Gasteiger partial charge on any atom is -0.870 e. The average Bonchev–Trinajstić information content (AvgIpc) is 2.67. The fourth-order valence-corrected chi connectivity index (χ4v) is 0.642. The first-order chi connectivity index (χ1) is 5.00. The Morgan fingerprint density at radius 1 is 0.583 bits per heavy atom. The van der Waals surface area contributed by atoms with Crippen LogP contribution in [-0.4, -0.2) is 5.48 Å². The molecule has 0 amide bonds. The standard InChI is InChI=1S/2C5H5.Co.H2O/c2*1-2-4-5-3-1;;/h2*1-5H;;1H2/q2*-1;+3;/p-1. The van der Waals surface area contributed by atoms with Gasteiger partial charge in [0.2, 0.25) is 0 Å². The molecule has 0 aliphatic carbocycles. The molecule has 0 aliphatic rings. The minimum absolute atomic E-state index is 0. The van der Waals surface area contributed by atoms with Gasteiger partial charge in [-0.1, -0.05) is 0 Å². The van der Waals surface area contributed by atoms with Crippen LogP contribution in [0.25, 0.3) is 0 Å². The summed E-state index contributed by atoms with van der Waals surface area (Å²) in [7, 11) is 0. The summed E-state index contributed by atoms with van der Waals surface area (Å²) in [5.74, 6) is 0. The van der Waals surface area contributed by atoms with Crippen LogP contribution in [0, 0.1) is 0 Å². The molecule has 2 rings (SSSR count). The third kappa shape index (κ3) is 7.28. The van der Waals surface area contributed by atoms with Crippen molar-refractivity contribution in [2.45, 2.75) is 0 Å². The van der Waals surface area contributed by atoms with Crippen molar-refractivity contribution >= 4 is 0 Å². The van der Waals surface area contributed by atoms with Gasteiger partial charge in [0.25, 0.3) is 0 Å². The van der Waals surface area contributed by atoms with E-state index in [1.165, 1.54) is 0 Å². The van der Waals surface area contributed by atoms with Gasteiger partial charge in [0.05, 0.1) is 0 Å². The zero-order chi connectivity index (χ0) is 7.07. The van der Waals surface area contributed by atoms with Crippen LogP contribution in [-0.2, 0) is 16.8 Å². The molecule has 2 aromatic rings. The number of hydrogen-bond acceptors (Lipinski definition) is 1. The van der Waals surface area contributed by atoms with Crippen molar-refractivity contribution in [2.75, 3.05) is 0 Å². The van der Waals surface area contributed by atoms with Gasteiger partial charge in [-0.25, -0.2) is 24.3 Å². The maximum atomic E-state index is 2.00. The zero-order valence-corrected chi connectivity index (χ0v) is 7.60. The summed E-state index contributed by atoms with van der Waals surface area (Å²) in [5.41, 5.74) is 0. The Morgan fingerprint density at radius 2 is 0.833 bits per heavy atom. The molecule has 0 heterocycles. The molecule has 0 spiro atoms. The third-order valence-corrected chi connectivity index (χ3v) is 1.11. The molecule has 12 heavy (non-hydrogen) atoms. The first-order valence-electron chi connectivity index (χ1n) is 3.33. The van der Waals surface area contributed by atoms with Crippen LogP contribution in [0.5, 0.6) is 0 Å². The van der Waals surface area contributed by atoms with Crippen molar-refractivity contribution in [2.24, 2.45) is 0 Å². The molecule has 0 saturated carbocycles. The van der Waals surface area contributed by atoms with E-state index in [4.69, 9.17) is 0 Å². The van der Waals surface area contributed by atoms with Gasteiger partial charge in [-0.15, -0.1) is 0 Å². The summed E-state index contributed by atoms with van der Waals surface area (Å²) in [4.78, 5) is 0. The topological polar surface area (TPSA) is 30.0 Å². The SMILES string of the molecule is [Co+3].[OH-].c1cc[cH-]c1.c1cc[cH-]c1. The second-order valence-electron chi connectivity index (χ2n) is 1.92. The molecule has 0 radical (unpaired) electrons. The van der Waals surface area contributed by atoms with Crippen molar-refractivity contribution in [1.82, 2.24) is 0 Å². The van der Waals surface area contributed by atoms with Crippen molar-refractivity contribution in [3.05, 3.63) is 60.7 Å². The van der Waals surface area contributed by atoms with Gasteiger partial charge >= 0.3 is 16.8 Å². The molecule has 0 fully saturated rings. The zero-order valence-electron chi connectivity index (χ0n) is 6.55. The van der Waals surface area contributed by atoms with E-state index in [-0.39, 0.29) is 22.3 Å². The first-order valence-corrected chi connectivity index (χ1v) is 3.33. The Labute approximate surface area is 83.3 Å². The monoisotopic (exact) mass is 206 g/mol. The van der Waals surface area contributed by atoms with Gasteiger partial charge in [0, 0.05) is 0 Å². The van der Waals surface area contributed by atoms with Crippen molar-refractivity contribution < 1.29 is 22.3 Å². The maximum Gasteiger partial charge on any atom is 3.00 e. The molecule has 2 heteroatoms. The van der Waals surface area contributed by atoms with E-state index in [0.717, 1.165) is 0 Å². The van der Waals surface area contributed by atoms with Crippen LogP contribution in [0.15, 0.2) is 60.7 Å². The molecule has 0 saturated heterocycles. The van der Waals surface area contributed by atoms with E-state index in [1.54, 1.807) is 0 Å². The normalized spacial score (nSPS) is 6.67. The Morgan fingerprint density at radius 3 is 0.917 bits per heavy atom. The van der Waals surface area contributed by atoms with Crippen LogP contribution in [0.1, 0.15) is 0 Å². The molecule has 2 aromatic carbocycles. The van der Waals surface area contributed by atoms with Gasteiger partial charge in [0.1, 0.15) is 0 Å². The van der Waals surface area contributed by atoms with Gasteiger partial charge in [-0.05, 0) is 0 Å². The summed E-state index contributed by atoms with van der Waals surface area (Å²) in [5, 5.41) is 0. The van der Waals surface area contributed by atoms with Gasteiger partial charge in [-0.2, -0.15) is 36.4 Å². The van der Waals surface area contributed by atoms with Crippen LogP contribution < -0.4 is 0 Å². The molecule has 66 valence electrons. The van der Waals surface area contributed by atoms with Crippen LogP contribution in [0.4, 0.5) is 0 Å². The van der Waals surface area contributed by atoms with Crippen LogP contribution >= 0.6 is 0 Å². The van der Waals surface area contributed by atoms with Crippen molar-refractivity contribution in [3.8, 4) is 0 Å². The van der Waals surface area contributed by atoms with Gasteiger partial charge in [0.15, 0.2) is 0 Å². The molecule has 1 nitrogen and oxygen atoms in total.